The third-order valence-electron chi connectivity index (χ3n) is 3.59. The second kappa shape index (κ2) is 10.3. The van der Waals surface area contributed by atoms with Crippen LogP contribution in [-0.2, 0) is 22.6 Å². The number of likely N-dealkylation sites (N-methyl/N-ethyl adjacent to an activating group) is 1. The van der Waals surface area contributed by atoms with E-state index in [1.54, 1.807) is 32.3 Å². The Bertz CT molecular complexity index is 733. The predicted molar refractivity (Wildman–Crippen MR) is 104 cm³/mol. The molecule has 2 aromatic carbocycles. The van der Waals surface area contributed by atoms with Gasteiger partial charge >= 0.3 is 0 Å². The molecule has 0 radical (unpaired) electrons. The van der Waals surface area contributed by atoms with Crippen LogP contribution in [0.5, 0.6) is 5.75 Å². The number of nitrogens with zero attached hydrogens (tertiary/aromatic N) is 1. The summed E-state index contributed by atoms with van der Waals surface area (Å²) >= 11 is 0. The molecule has 0 aliphatic rings. The SMILES string of the molecule is CN(C)C(=O)COc1cccc(CNC(=O)Cc2ccc(N)cc2)c1.Cl. The number of benzene rings is 2. The van der Waals surface area contributed by atoms with E-state index in [1.165, 1.54) is 4.90 Å². The molecule has 0 atom stereocenters. The van der Waals surface area contributed by atoms with Crippen molar-refractivity contribution in [3.63, 3.8) is 0 Å². The summed E-state index contributed by atoms with van der Waals surface area (Å²) in [4.78, 5) is 25.0. The maximum absolute atomic E-state index is 12.0. The number of halogens is 1. The van der Waals surface area contributed by atoms with E-state index in [1.807, 2.05) is 30.3 Å². The quantitative estimate of drug-likeness (QED) is 0.723. The molecule has 0 fully saturated rings. The van der Waals surface area contributed by atoms with Crippen LogP contribution in [0.2, 0.25) is 0 Å². The molecule has 0 bridgehead atoms. The number of amides is 2. The molecule has 7 heteroatoms. The van der Waals surface area contributed by atoms with Crippen molar-refractivity contribution in [2.45, 2.75) is 13.0 Å². The Labute approximate surface area is 159 Å². The van der Waals surface area contributed by atoms with Crippen molar-refractivity contribution in [1.82, 2.24) is 10.2 Å². The maximum atomic E-state index is 12.0. The standard InChI is InChI=1S/C19H23N3O3.ClH/c1-22(2)19(24)13-25-17-5-3-4-15(10-17)12-21-18(23)11-14-6-8-16(20)9-7-14;/h3-10H,11-13,20H2,1-2H3,(H,21,23);1H. The smallest absolute Gasteiger partial charge is 0.259 e. The van der Waals surface area contributed by atoms with Crippen molar-refractivity contribution in [1.29, 1.82) is 0 Å². The van der Waals surface area contributed by atoms with E-state index in [0.717, 1.165) is 11.1 Å². The number of ether oxygens (including phenoxy) is 1. The molecule has 3 N–H and O–H groups in total. The van der Waals surface area contributed by atoms with Gasteiger partial charge in [-0.1, -0.05) is 24.3 Å². The summed E-state index contributed by atoms with van der Waals surface area (Å²) < 4.78 is 5.47. The van der Waals surface area contributed by atoms with Gasteiger partial charge in [-0.05, 0) is 35.4 Å². The molecule has 2 aromatic rings. The number of hydrogen-bond acceptors (Lipinski definition) is 4. The van der Waals surface area contributed by atoms with Gasteiger partial charge in [0.25, 0.3) is 5.91 Å². The van der Waals surface area contributed by atoms with Crippen molar-refractivity contribution < 1.29 is 14.3 Å². The van der Waals surface area contributed by atoms with Crippen LogP contribution in [0.4, 0.5) is 5.69 Å². The van der Waals surface area contributed by atoms with Crippen molar-refractivity contribution >= 4 is 29.9 Å². The fraction of sp³-hybridized carbons (Fsp3) is 0.263. The van der Waals surface area contributed by atoms with Gasteiger partial charge in [-0.2, -0.15) is 0 Å². The van der Waals surface area contributed by atoms with Gasteiger partial charge in [-0.15, -0.1) is 12.4 Å². The van der Waals surface area contributed by atoms with Crippen LogP contribution in [-0.4, -0.2) is 37.4 Å². The molecule has 0 unspecified atom stereocenters. The summed E-state index contributed by atoms with van der Waals surface area (Å²) in [5.41, 5.74) is 8.12. The number of nitrogens with two attached hydrogens (primary N) is 1. The van der Waals surface area contributed by atoms with Crippen molar-refractivity contribution in [2.24, 2.45) is 0 Å². The average Bonchev–Trinajstić information content (AvgIpc) is 2.60. The van der Waals surface area contributed by atoms with Gasteiger partial charge in [0.2, 0.25) is 5.91 Å². The van der Waals surface area contributed by atoms with Crippen molar-refractivity contribution in [3.05, 3.63) is 59.7 Å². The van der Waals surface area contributed by atoms with Crippen LogP contribution in [0.1, 0.15) is 11.1 Å². The van der Waals surface area contributed by atoms with Crippen LogP contribution < -0.4 is 15.8 Å². The van der Waals surface area contributed by atoms with Gasteiger partial charge in [0, 0.05) is 26.3 Å². The number of rotatable bonds is 7. The van der Waals surface area contributed by atoms with Gasteiger partial charge in [-0.25, -0.2) is 0 Å². The third kappa shape index (κ3) is 7.03. The first-order valence-corrected chi connectivity index (χ1v) is 7.97. The summed E-state index contributed by atoms with van der Waals surface area (Å²) in [5.74, 6) is 0.418. The van der Waals surface area contributed by atoms with Gasteiger partial charge in [0.15, 0.2) is 6.61 Å². The summed E-state index contributed by atoms with van der Waals surface area (Å²) in [5, 5.41) is 2.87. The van der Waals surface area contributed by atoms with Crippen molar-refractivity contribution in [3.8, 4) is 5.75 Å². The van der Waals surface area contributed by atoms with Crippen molar-refractivity contribution in [2.75, 3.05) is 26.4 Å². The first kappa shape index (κ1) is 21.3. The fourth-order valence-corrected chi connectivity index (χ4v) is 2.10. The third-order valence-corrected chi connectivity index (χ3v) is 3.59. The molecule has 26 heavy (non-hydrogen) atoms. The topological polar surface area (TPSA) is 84.7 Å². The molecule has 2 amide bonds. The Morgan fingerprint density at radius 2 is 1.77 bits per heavy atom. The van der Waals surface area contributed by atoms with Crippen LogP contribution in [0.3, 0.4) is 0 Å². The molecule has 0 spiro atoms. The number of nitrogen functional groups attached to an aromatic ring is 1. The molecular formula is C19H24ClN3O3. The highest BCUT2D eigenvalue weighted by Crippen LogP contribution is 2.13. The lowest BCUT2D eigenvalue weighted by atomic mass is 10.1. The highest BCUT2D eigenvalue weighted by molar-refractivity contribution is 5.85. The van der Waals surface area contributed by atoms with E-state index in [0.29, 0.717) is 24.4 Å². The zero-order valence-corrected chi connectivity index (χ0v) is 15.7. The van der Waals surface area contributed by atoms with Crippen LogP contribution >= 0.6 is 12.4 Å². The minimum absolute atomic E-state index is 0. The molecule has 2 rings (SSSR count). The van der Waals surface area contributed by atoms with E-state index < -0.39 is 0 Å². The van der Waals surface area contributed by atoms with Gasteiger partial charge < -0.3 is 20.7 Å². The lowest BCUT2D eigenvalue weighted by molar-refractivity contribution is -0.130. The van der Waals surface area contributed by atoms with Crippen LogP contribution in [0, 0.1) is 0 Å². The average molecular weight is 378 g/mol. The molecule has 0 heterocycles. The normalized spacial score (nSPS) is 9.77. The summed E-state index contributed by atoms with van der Waals surface area (Å²) in [6, 6.07) is 14.5. The second-order valence-electron chi connectivity index (χ2n) is 5.92. The summed E-state index contributed by atoms with van der Waals surface area (Å²) in [6.45, 7) is 0.382. The van der Waals surface area contributed by atoms with E-state index >= 15 is 0 Å². The number of carbonyl (C=O) groups is 2. The van der Waals surface area contributed by atoms with Crippen LogP contribution in [0.25, 0.3) is 0 Å². The molecule has 0 saturated heterocycles. The Balaban J connectivity index is 0.00000338. The maximum Gasteiger partial charge on any atom is 0.259 e. The van der Waals surface area contributed by atoms with Gasteiger partial charge in [0.05, 0.1) is 6.42 Å². The zero-order valence-electron chi connectivity index (χ0n) is 14.9. The molecule has 0 aromatic heterocycles. The fourth-order valence-electron chi connectivity index (χ4n) is 2.10. The van der Waals surface area contributed by atoms with E-state index in [2.05, 4.69) is 5.32 Å². The largest absolute Gasteiger partial charge is 0.484 e. The molecule has 0 aliphatic carbocycles. The van der Waals surface area contributed by atoms with Gasteiger partial charge in [0.1, 0.15) is 5.75 Å². The van der Waals surface area contributed by atoms with E-state index in [-0.39, 0.29) is 30.8 Å². The van der Waals surface area contributed by atoms with E-state index in [9.17, 15) is 9.59 Å². The highest BCUT2D eigenvalue weighted by Gasteiger charge is 2.06. The molecular weight excluding hydrogens is 354 g/mol. The predicted octanol–water partition coefficient (Wildman–Crippen LogP) is 2.02. The zero-order chi connectivity index (χ0) is 18.2. The number of carbonyl (C=O) groups excluding carboxylic acids is 2. The lowest BCUT2D eigenvalue weighted by Crippen LogP contribution is -2.27. The minimum atomic E-state index is -0.109. The highest BCUT2D eigenvalue weighted by atomic mass is 35.5. The Hall–Kier alpha value is -2.73. The molecule has 0 aliphatic heterocycles. The number of hydrogen-bond donors (Lipinski definition) is 2. The molecule has 0 saturated carbocycles. The van der Waals surface area contributed by atoms with Gasteiger partial charge in [-0.3, -0.25) is 9.59 Å². The van der Waals surface area contributed by atoms with Crippen LogP contribution in [0.15, 0.2) is 48.5 Å². The Morgan fingerprint density at radius 1 is 1.08 bits per heavy atom. The first-order chi connectivity index (χ1) is 11.9. The monoisotopic (exact) mass is 377 g/mol. The summed E-state index contributed by atoms with van der Waals surface area (Å²) in [7, 11) is 3.36. The minimum Gasteiger partial charge on any atom is -0.484 e. The Kier molecular flexibility index (Phi) is 8.45. The number of nitrogens with one attached hydrogen (secondary N) is 1. The second-order valence-corrected chi connectivity index (χ2v) is 5.92. The summed E-state index contributed by atoms with van der Waals surface area (Å²) in [6.07, 6.45) is 0.299. The number of anilines is 1. The lowest BCUT2D eigenvalue weighted by Gasteiger charge is -2.12. The molecule has 6 nitrogen and oxygen atoms in total. The molecule has 140 valence electrons. The Morgan fingerprint density at radius 3 is 2.42 bits per heavy atom. The first-order valence-electron chi connectivity index (χ1n) is 7.97. The van der Waals surface area contributed by atoms with E-state index in [4.69, 9.17) is 10.5 Å².